The molecular weight excluding hydrogens is 687 g/mol. The molecule has 1 aromatic rings. The predicted molar refractivity (Wildman–Crippen MR) is 146 cm³/mol. The van der Waals surface area contributed by atoms with Gasteiger partial charge in [-0.1, -0.05) is 0 Å². The monoisotopic (exact) mass is 716 g/mol. The van der Waals surface area contributed by atoms with Crippen molar-refractivity contribution in [1.82, 2.24) is 15.6 Å². The van der Waals surface area contributed by atoms with E-state index < -0.39 is 47.6 Å². The quantitative estimate of drug-likeness (QED) is 0.0243. The molecule has 3 rings (SSSR count). The standard InChI is InChI=1S/C26H29IN4O10S/c1-27-31-18(26(38)39)6-7-22(33)28-12-21(25(37)29-13-23(34)35)42-9-8-24(36)40-15-3-5-17-20(11-15)41-19-10-14(32)2-4-16(19)30-17/h2-5,10-11,18,21H,6-9,12-13,31H2,1H3,(H,28,33)(H,29,37)(H,34,35)(H,38,39). The van der Waals surface area contributed by atoms with Crippen LogP contribution in [0.3, 0.4) is 0 Å². The van der Waals surface area contributed by atoms with Crippen LogP contribution in [0.25, 0.3) is 22.6 Å². The van der Waals surface area contributed by atoms with Gasteiger partial charge in [-0.05, 0) is 24.3 Å². The summed E-state index contributed by atoms with van der Waals surface area (Å²) in [5.41, 5.74) is 1.07. The minimum absolute atomic E-state index is 0.0565. The molecule has 2 amide bonds. The summed E-state index contributed by atoms with van der Waals surface area (Å²) in [6.45, 7) is -0.764. The summed E-state index contributed by atoms with van der Waals surface area (Å²) in [7, 11) is 0. The number of halogens is 1. The van der Waals surface area contributed by atoms with Gasteiger partial charge in [-0.25, -0.2) is 4.98 Å². The number of nitrogens with zero attached hydrogens (tertiary/aromatic N) is 1. The molecule has 0 spiro atoms. The molecule has 2 unspecified atom stereocenters. The van der Waals surface area contributed by atoms with E-state index in [1.165, 1.54) is 24.3 Å². The van der Waals surface area contributed by atoms with Crippen molar-refractivity contribution >= 4 is 52.6 Å². The summed E-state index contributed by atoms with van der Waals surface area (Å²) in [6.07, 6.45) is -0.0427. The van der Waals surface area contributed by atoms with Crippen molar-refractivity contribution in [3.8, 4) is 17.2 Å². The first kappa shape index (κ1) is 32.7. The number of aliphatic carboxylic acids is 2. The van der Waals surface area contributed by atoms with E-state index in [-0.39, 0.29) is 70.0 Å². The second-order valence-electron chi connectivity index (χ2n) is 8.80. The van der Waals surface area contributed by atoms with Crippen LogP contribution in [0.1, 0.15) is 19.3 Å². The third-order valence-electron chi connectivity index (χ3n) is 5.65. The zero-order chi connectivity index (χ0) is 30.6. The molecule has 0 saturated carbocycles. The normalized spacial score (nSPS) is 12.5. The molecule has 42 heavy (non-hydrogen) atoms. The molecule has 1 aliphatic carbocycles. The van der Waals surface area contributed by atoms with Gasteiger partial charge in [0.15, 0.2) is 16.8 Å². The molecule has 2 aliphatic rings. The Bertz CT molecular complexity index is 1480. The molecule has 0 radical (unpaired) electrons. The first-order chi connectivity index (χ1) is 20.0. The SMILES string of the molecule is C[I-][NH2+]C(CCC(=O)NCC(SCCC(=O)Oc1ccc2nc3ccc(=O)cc-3oc2c1)C(=O)NCC(=O)O)C(=O)O. The third kappa shape index (κ3) is 10.3. The van der Waals surface area contributed by atoms with Crippen LogP contribution in [0.5, 0.6) is 5.75 Å². The van der Waals surface area contributed by atoms with Gasteiger partial charge in [-0.2, -0.15) is 0 Å². The summed E-state index contributed by atoms with van der Waals surface area (Å²) in [4.78, 5) is 77.4. The number of esters is 1. The van der Waals surface area contributed by atoms with Crippen LogP contribution in [0, 0.1) is 0 Å². The summed E-state index contributed by atoms with van der Waals surface area (Å²) in [5.74, 6) is -3.35. The van der Waals surface area contributed by atoms with Gasteiger partial charge >= 0.3 is 151 Å². The topological polar surface area (TPSA) is 219 Å². The van der Waals surface area contributed by atoms with Gasteiger partial charge in [0, 0.05) is 12.1 Å². The van der Waals surface area contributed by atoms with Crippen LogP contribution >= 0.6 is 11.8 Å². The second-order valence-corrected chi connectivity index (χ2v) is 12.1. The summed E-state index contributed by atoms with van der Waals surface area (Å²) < 4.78 is 12.8. The number of benzene rings is 2. The van der Waals surface area contributed by atoms with Crippen molar-refractivity contribution in [2.24, 2.45) is 0 Å². The van der Waals surface area contributed by atoms with Gasteiger partial charge in [0.05, 0.1) is 0 Å². The van der Waals surface area contributed by atoms with E-state index in [4.69, 9.17) is 14.3 Å². The number of carbonyl (C=O) groups is 5. The van der Waals surface area contributed by atoms with Crippen LogP contribution in [-0.4, -0.2) is 80.0 Å². The van der Waals surface area contributed by atoms with Crippen LogP contribution in [0.15, 0.2) is 45.6 Å². The number of amides is 2. The number of nitrogens with one attached hydrogen (secondary N) is 2. The van der Waals surface area contributed by atoms with E-state index >= 15 is 0 Å². The van der Waals surface area contributed by atoms with Crippen molar-refractivity contribution in [3.05, 3.63) is 46.6 Å². The number of ether oxygens (including phenoxy) is 1. The van der Waals surface area contributed by atoms with Crippen LogP contribution < -0.4 is 45.8 Å². The fraction of sp³-hybridized carbons (Fsp3) is 0.346. The molecule has 16 heteroatoms. The Morgan fingerprint density at radius 1 is 1.10 bits per heavy atom. The number of thioether (sulfide) groups is 1. The number of alkyl halides is 1. The molecule has 6 N–H and O–H groups in total. The molecule has 1 aromatic carbocycles. The average Bonchev–Trinajstić information content (AvgIpc) is 2.94. The van der Waals surface area contributed by atoms with Gasteiger partial charge in [-0.3, -0.25) is 14.4 Å². The Morgan fingerprint density at radius 2 is 1.88 bits per heavy atom. The Balaban J connectivity index is 1.55. The molecule has 0 aromatic heterocycles. The molecule has 2 atom stereocenters. The number of carbonyl (C=O) groups excluding carboxylic acids is 3. The number of aromatic nitrogens is 1. The van der Waals surface area contributed by atoms with Gasteiger partial charge in [0.25, 0.3) is 0 Å². The number of hydrogen-bond acceptors (Lipinski definition) is 10. The van der Waals surface area contributed by atoms with E-state index in [1.807, 2.05) is 4.93 Å². The number of rotatable bonds is 16. The van der Waals surface area contributed by atoms with E-state index in [2.05, 4.69) is 15.6 Å². The Morgan fingerprint density at radius 3 is 2.60 bits per heavy atom. The van der Waals surface area contributed by atoms with Crippen molar-refractivity contribution in [2.75, 3.05) is 23.8 Å². The van der Waals surface area contributed by atoms with Gasteiger partial charge in [0.2, 0.25) is 0 Å². The van der Waals surface area contributed by atoms with E-state index in [0.29, 0.717) is 16.8 Å². The maximum atomic E-state index is 12.5. The number of hydrogen-bond donors (Lipinski definition) is 5. The van der Waals surface area contributed by atoms with Gasteiger partial charge < -0.3 is 14.3 Å². The summed E-state index contributed by atoms with van der Waals surface area (Å²) in [6, 6.07) is 8.13. The average molecular weight is 717 g/mol. The molecule has 0 saturated heterocycles. The second kappa shape index (κ2) is 16.0. The van der Waals surface area contributed by atoms with Crippen molar-refractivity contribution < 1.29 is 68.3 Å². The Hall–Kier alpha value is -3.77. The minimum atomic E-state index is -1.24. The number of carboxylic acids is 2. The molecule has 1 aliphatic heterocycles. The molecule has 0 bridgehead atoms. The Labute approximate surface area is 253 Å². The van der Waals surface area contributed by atoms with Crippen LogP contribution in [0.4, 0.5) is 0 Å². The number of carboxylic acid groups (broad SMARTS) is 2. The van der Waals surface area contributed by atoms with Crippen molar-refractivity contribution in [3.63, 3.8) is 0 Å². The van der Waals surface area contributed by atoms with E-state index in [1.54, 1.807) is 15.7 Å². The molecular formula is C26H29IN4O10S. The number of quaternary nitrogens is 1. The van der Waals surface area contributed by atoms with Crippen molar-refractivity contribution in [2.45, 2.75) is 30.6 Å². The first-order valence-electron chi connectivity index (χ1n) is 12.5. The van der Waals surface area contributed by atoms with Crippen LogP contribution in [-0.2, 0) is 24.0 Å². The number of nitrogens with two attached hydrogens (primary N) is 1. The fourth-order valence-electron chi connectivity index (χ4n) is 3.59. The van der Waals surface area contributed by atoms with Gasteiger partial charge in [0.1, 0.15) is 17.0 Å². The van der Waals surface area contributed by atoms with Crippen LogP contribution in [0.2, 0.25) is 0 Å². The Kier molecular flexibility index (Phi) is 12.5. The van der Waals surface area contributed by atoms with E-state index in [9.17, 15) is 33.9 Å². The first-order valence-corrected chi connectivity index (χ1v) is 17.0. The van der Waals surface area contributed by atoms with Crippen molar-refractivity contribution in [1.29, 1.82) is 0 Å². The van der Waals surface area contributed by atoms with Gasteiger partial charge in [-0.15, -0.1) is 0 Å². The molecule has 14 nitrogen and oxygen atoms in total. The fourth-order valence-corrected chi connectivity index (χ4v) is 6.13. The molecule has 1 heterocycles. The predicted octanol–water partition coefficient (Wildman–Crippen LogP) is -3.56. The van der Waals surface area contributed by atoms with E-state index in [0.717, 1.165) is 11.8 Å². The summed E-state index contributed by atoms with van der Waals surface area (Å²) >= 11 is 0.651. The third-order valence-corrected chi connectivity index (χ3v) is 8.46. The number of fused-ring (bicyclic) bond motifs is 2. The summed E-state index contributed by atoms with van der Waals surface area (Å²) in [5, 5.41) is 22.0. The zero-order valence-corrected chi connectivity index (χ0v) is 25.3. The molecule has 0 fully saturated rings. The maximum absolute atomic E-state index is 12.5. The zero-order valence-electron chi connectivity index (χ0n) is 22.3. The molecule has 226 valence electrons.